The highest BCUT2D eigenvalue weighted by molar-refractivity contribution is 7.90. The minimum Gasteiger partial charge on any atom is -0.497 e. The lowest BCUT2D eigenvalue weighted by Crippen LogP contribution is -2.14. The van der Waals surface area contributed by atoms with E-state index >= 15 is 0 Å². The van der Waals surface area contributed by atoms with Crippen LogP contribution in [0.25, 0.3) is 11.3 Å². The Bertz CT molecular complexity index is 1110. The van der Waals surface area contributed by atoms with Gasteiger partial charge < -0.3 is 9.30 Å². The summed E-state index contributed by atoms with van der Waals surface area (Å²) in [4.78, 5) is 6.95. The Morgan fingerprint density at radius 1 is 1.14 bits per heavy atom. The molecule has 0 aliphatic rings. The van der Waals surface area contributed by atoms with Crippen LogP contribution in [-0.2, 0) is 22.6 Å². The number of sulfone groups is 1. The van der Waals surface area contributed by atoms with Crippen molar-refractivity contribution in [2.45, 2.75) is 17.9 Å². The molecule has 3 rings (SSSR count). The lowest BCUT2D eigenvalue weighted by Gasteiger charge is -2.09. The van der Waals surface area contributed by atoms with E-state index in [9.17, 15) is 21.6 Å². The first kappa shape index (κ1) is 19.9. The second kappa shape index (κ2) is 7.27. The van der Waals surface area contributed by atoms with E-state index < -0.39 is 26.9 Å². The van der Waals surface area contributed by atoms with E-state index in [0.29, 0.717) is 17.9 Å². The molecule has 148 valence electrons. The van der Waals surface area contributed by atoms with E-state index in [0.717, 1.165) is 17.9 Å². The molecule has 0 fully saturated rings. The summed E-state index contributed by atoms with van der Waals surface area (Å²) >= 11 is 0. The van der Waals surface area contributed by atoms with Crippen LogP contribution in [-0.4, -0.2) is 36.3 Å². The fourth-order valence-corrected chi connectivity index (χ4v) is 3.08. The molecule has 3 aromatic rings. The molecule has 2 heterocycles. The number of alkyl halides is 3. The van der Waals surface area contributed by atoms with E-state index in [-0.39, 0.29) is 5.69 Å². The first-order valence-electron chi connectivity index (χ1n) is 8.02. The van der Waals surface area contributed by atoms with Gasteiger partial charge >= 0.3 is 6.18 Å². The molecule has 1 aromatic carbocycles. The van der Waals surface area contributed by atoms with Crippen molar-refractivity contribution in [2.24, 2.45) is 0 Å². The van der Waals surface area contributed by atoms with Crippen LogP contribution < -0.4 is 4.74 Å². The number of hydrogen-bond donors (Lipinski definition) is 0. The topological polar surface area (TPSA) is 74.1 Å². The third kappa shape index (κ3) is 4.50. The standard InChI is InChI=1S/C18H16F3N3O3S/c1-27-14-5-3-4-12(8-14)10-24-7-6-13(11-24)15-9-16(18(19,20)21)23-17(22-15)28(2,25)26/h3-9,11H,10H2,1-2H3. The van der Waals surface area contributed by atoms with Gasteiger partial charge in [-0.3, -0.25) is 0 Å². The fraction of sp³-hybridized carbons (Fsp3) is 0.222. The van der Waals surface area contributed by atoms with Gasteiger partial charge in [-0.1, -0.05) is 12.1 Å². The third-order valence-electron chi connectivity index (χ3n) is 3.87. The number of halogens is 3. The predicted molar refractivity (Wildman–Crippen MR) is 95.7 cm³/mol. The van der Waals surface area contributed by atoms with Crippen molar-refractivity contribution < 1.29 is 26.3 Å². The normalized spacial score (nSPS) is 12.2. The maximum absolute atomic E-state index is 13.1. The Morgan fingerprint density at radius 3 is 2.54 bits per heavy atom. The average Bonchev–Trinajstić information content (AvgIpc) is 3.08. The molecule has 0 aliphatic carbocycles. The first-order chi connectivity index (χ1) is 13.1. The van der Waals surface area contributed by atoms with Crippen molar-refractivity contribution in [1.29, 1.82) is 0 Å². The second-order valence-electron chi connectivity index (χ2n) is 6.11. The lowest BCUT2D eigenvalue weighted by atomic mass is 10.2. The van der Waals surface area contributed by atoms with Crippen molar-refractivity contribution in [3.8, 4) is 17.0 Å². The summed E-state index contributed by atoms with van der Waals surface area (Å²) in [6.07, 6.45) is -0.765. The highest BCUT2D eigenvalue weighted by atomic mass is 32.2. The summed E-state index contributed by atoms with van der Waals surface area (Å²) in [6.45, 7) is 0.452. The van der Waals surface area contributed by atoms with E-state index in [4.69, 9.17) is 4.74 Å². The Balaban J connectivity index is 1.98. The number of benzene rings is 1. The minimum atomic E-state index is -4.79. The molecular formula is C18H16F3N3O3S. The largest absolute Gasteiger partial charge is 0.497 e. The SMILES string of the molecule is COc1cccc(Cn2ccc(-c3cc(C(F)(F)F)nc(S(C)(=O)=O)n3)c2)c1. The molecular weight excluding hydrogens is 395 g/mol. The van der Waals surface area contributed by atoms with Crippen LogP contribution in [0, 0.1) is 0 Å². The second-order valence-corrected chi connectivity index (χ2v) is 8.02. The summed E-state index contributed by atoms with van der Waals surface area (Å²) < 4.78 is 69.6. The van der Waals surface area contributed by atoms with Crippen LogP contribution in [0.2, 0.25) is 0 Å². The zero-order valence-corrected chi connectivity index (χ0v) is 15.8. The van der Waals surface area contributed by atoms with Crippen LogP contribution in [0.15, 0.2) is 53.9 Å². The molecule has 0 saturated carbocycles. The predicted octanol–water partition coefficient (Wildman–Crippen LogP) is 3.42. The highest BCUT2D eigenvalue weighted by Crippen LogP contribution is 2.31. The maximum Gasteiger partial charge on any atom is 0.433 e. The number of hydrogen-bond acceptors (Lipinski definition) is 5. The van der Waals surface area contributed by atoms with E-state index in [1.54, 1.807) is 36.2 Å². The number of rotatable bonds is 5. The zero-order chi connectivity index (χ0) is 20.5. The van der Waals surface area contributed by atoms with Crippen molar-refractivity contribution in [1.82, 2.24) is 14.5 Å². The van der Waals surface area contributed by atoms with Gasteiger partial charge in [0, 0.05) is 30.8 Å². The number of methoxy groups -OCH3 is 1. The van der Waals surface area contributed by atoms with E-state index in [1.165, 1.54) is 0 Å². The third-order valence-corrected chi connectivity index (χ3v) is 4.72. The van der Waals surface area contributed by atoms with Gasteiger partial charge in [-0.25, -0.2) is 18.4 Å². The summed E-state index contributed by atoms with van der Waals surface area (Å²) in [7, 11) is -2.45. The highest BCUT2D eigenvalue weighted by Gasteiger charge is 2.35. The smallest absolute Gasteiger partial charge is 0.433 e. The van der Waals surface area contributed by atoms with Crippen molar-refractivity contribution >= 4 is 9.84 Å². The Hall–Kier alpha value is -2.88. The summed E-state index contributed by atoms with van der Waals surface area (Å²) in [6, 6.07) is 9.66. The Kier molecular flexibility index (Phi) is 5.16. The van der Waals surface area contributed by atoms with Crippen LogP contribution in [0.3, 0.4) is 0 Å². The number of nitrogens with zero attached hydrogens (tertiary/aromatic N) is 3. The Morgan fingerprint density at radius 2 is 1.89 bits per heavy atom. The summed E-state index contributed by atoms with van der Waals surface area (Å²) in [5.74, 6) is 0.688. The van der Waals surface area contributed by atoms with Gasteiger partial charge in [-0.2, -0.15) is 13.2 Å². The molecule has 0 saturated heterocycles. The van der Waals surface area contributed by atoms with Crippen LogP contribution in [0.4, 0.5) is 13.2 Å². The van der Waals surface area contributed by atoms with E-state index in [2.05, 4.69) is 9.97 Å². The molecule has 0 bridgehead atoms. The van der Waals surface area contributed by atoms with Crippen LogP contribution in [0.1, 0.15) is 11.3 Å². The molecule has 6 nitrogen and oxygen atoms in total. The summed E-state index contributed by atoms with van der Waals surface area (Å²) in [5, 5.41) is -0.863. The number of ether oxygens (including phenoxy) is 1. The van der Waals surface area contributed by atoms with Gasteiger partial charge in [0.2, 0.25) is 15.0 Å². The molecule has 2 aromatic heterocycles. The molecule has 0 radical (unpaired) electrons. The van der Waals surface area contributed by atoms with Crippen LogP contribution in [0.5, 0.6) is 5.75 Å². The quantitative estimate of drug-likeness (QED) is 0.602. The van der Waals surface area contributed by atoms with Crippen LogP contribution >= 0.6 is 0 Å². The fourth-order valence-electron chi connectivity index (χ4n) is 2.56. The monoisotopic (exact) mass is 411 g/mol. The molecule has 0 N–H and O–H groups in total. The molecule has 0 amide bonds. The first-order valence-corrected chi connectivity index (χ1v) is 9.91. The van der Waals surface area contributed by atoms with Gasteiger partial charge in [0.25, 0.3) is 0 Å². The molecule has 28 heavy (non-hydrogen) atoms. The molecule has 0 atom stereocenters. The molecule has 0 aliphatic heterocycles. The average molecular weight is 411 g/mol. The van der Waals surface area contributed by atoms with Gasteiger partial charge in [0.05, 0.1) is 12.8 Å². The summed E-state index contributed by atoms with van der Waals surface area (Å²) in [5.41, 5.74) is -0.150. The van der Waals surface area contributed by atoms with Gasteiger partial charge in [0.15, 0.2) is 0 Å². The molecule has 10 heteroatoms. The van der Waals surface area contributed by atoms with Gasteiger partial charge in [0.1, 0.15) is 11.4 Å². The Labute approximate surface area is 159 Å². The lowest BCUT2D eigenvalue weighted by molar-refractivity contribution is -0.141. The van der Waals surface area contributed by atoms with Crippen molar-refractivity contribution in [3.63, 3.8) is 0 Å². The minimum absolute atomic E-state index is 0.118. The van der Waals surface area contributed by atoms with Crippen molar-refractivity contribution in [2.75, 3.05) is 13.4 Å². The maximum atomic E-state index is 13.1. The molecule has 0 spiro atoms. The van der Waals surface area contributed by atoms with Gasteiger partial charge in [-0.15, -0.1) is 0 Å². The van der Waals surface area contributed by atoms with Crippen molar-refractivity contribution in [3.05, 3.63) is 60.0 Å². The molecule has 0 unspecified atom stereocenters. The number of aromatic nitrogens is 3. The zero-order valence-electron chi connectivity index (χ0n) is 14.9. The van der Waals surface area contributed by atoms with E-state index in [1.807, 2.05) is 18.2 Å². The van der Waals surface area contributed by atoms with Gasteiger partial charge in [-0.05, 0) is 29.8 Å².